The largest absolute Gasteiger partial charge is 0.245 e. The quantitative estimate of drug-likeness (QED) is 0.310. The lowest BCUT2D eigenvalue weighted by molar-refractivity contribution is 1.34. The van der Waals surface area contributed by atoms with Gasteiger partial charge in [-0.1, -0.05) is 60.2 Å². The van der Waals surface area contributed by atoms with E-state index in [1.165, 1.54) is 5.56 Å². The van der Waals surface area contributed by atoms with Crippen molar-refractivity contribution in [1.82, 2.24) is 15.0 Å². The molecule has 0 spiro atoms. The molecule has 0 bridgehead atoms. The summed E-state index contributed by atoms with van der Waals surface area (Å²) in [6, 6.07) is 24.5. The first-order chi connectivity index (χ1) is 12.3. The number of aryl methyl sites for hydroxylation is 1. The van der Waals surface area contributed by atoms with Gasteiger partial charge in [0, 0.05) is 10.9 Å². The normalized spacial score (nSPS) is 11.4. The first-order valence-electron chi connectivity index (χ1n) is 8.32. The minimum atomic E-state index is 0.848. The summed E-state index contributed by atoms with van der Waals surface area (Å²) in [6.45, 7) is 2.09. The number of benzene rings is 3. The summed E-state index contributed by atoms with van der Waals surface area (Å²) in [5, 5.41) is 1.03. The van der Waals surface area contributed by atoms with Crippen molar-refractivity contribution in [2.45, 2.75) is 6.92 Å². The highest BCUT2D eigenvalue weighted by Gasteiger charge is 2.13. The highest BCUT2D eigenvalue weighted by Crippen LogP contribution is 2.31. The van der Waals surface area contributed by atoms with E-state index in [-0.39, 0.29) is 0 Å². The third-order valence-electron chi connectivity index (χ3n) is 4.51. The number of nitrogens with zero attached hydrogens (tertiary/aromatic N) is 3. The van der Waals surface area contributed by atoms with Crippen molar-refractivity contribution in [3.8, 4) is 11.3 Å². The van der Waals surface area contributed by atoms with Crippen LogP contribution < -0.4 is 0 Å². The smallest absolute Gasteiger partial charge is 0.116 e. The first kappa shape index (κ1) is 14.1. The molecule has 0 aliphatic rings. The van der Waals surface area contributed by atoms with Crippen molar-refractivity contribution in [2.24, 2.45) is 0 Å². The summed E-state index contributed by atoms with van der Waals surface area (Å²) in [4.78, 5) is 14.7. The average Bonchev–Trinajstić information content (AvgIpc) is 2.67. The lowest BCUT2D eigenvalue weighted by atomic mass is 10.0. The minimum Gasteiger partial charge on any atom is -0.245 e. The van der Waals surface area contributed by atoms with Crippen LogP contribution in [0.1, 0.15) is 5.56 Å². The third-order valence-corrected chi connectivity index (χ3v) is 4.51. The van der Waals surface area contributed by atoms with Gasteiger partial charge in [-0.2, -0.15) is 0 Å². The molecular weight excluding hydrogens is 306 g/mol. The fraction of sp³-hybridized carbons (Fsp3) is 0.0455. The lowest BCUT2D eigenvalue weighted by Gasteiger charge is -2.10. The van der Waals surface area contributed by atoms with Gasteiger partial charge in [0.15, 0.2) is 0 Å². The Kier molecular flexibility index (Phi) is 3.01. The zero-order valence-electron chi connectivity index (χ0n) is 13.8. The topological polar surface area (TPSA) is 38.7 Å². The molecule has 3 heteroatoms. The van der Waals surface area contributed by atoms with Crippen LogP contribution in [-0.4, -0.2) is 15.0 Å². The Morgan fingerprint density at radius 3 is 1.88 bits per heavy atom. The highest BCUT2D eigenvalue weighted by molar-refractivity contribution is 6.09. The van der Waals surface area contributed by atoms with Crippen molar-refractivity contribution >= 4 is 33.0 Å². The van der Waals surface area contributed by atoms with Gasteiger partial charge in [0.1, 0.15) is 11.0 Å². The Morgan fingerprint density at radius 2 is 1.16 bits per heavy atom. The van der Waals surface area contributed by atoms with Crippen LogP contribution in [0, 0.1) is 6.92 Å². The molecule has 0 saturated carbocycles. The maximum atomic E-state index is 4.91. The van der Waals surface area contributed by atoms with Crippen LogP contribution in [0.5, 0.6) is 0 Å². The van der Waals surface area contributed by atoms with E-state index in [4.69, 9.17) is 15.0 Å². The number of hydrogen-bond acceptors (Lipinski definition) is 3. The standard InChI is InChI=1S/C22H15N3/c1-14-10-12-15(13-11-14)20-22-21(16-6-2-3-7-17(16)23-20)24-18-8-4-5-9-19(18)25-22/h2-13H,1H3. The van der Waals surface area contributed by atoms with E-state index >= 15 is 0 Å². The molecule has 0 amide bonds. The Balaban J connectivity index is 1.97. The maximum Gasteiger partial charge on any atom is 0.116 e. The molecule has 0 aliphatic heterocycles. The molecule has 0 unspecified atom stereocenters. The molecule has 3 nitrogen and oxygen atoms in total. The second-order valence-electron chi connectivity index (χ2n) is 6.25. The fourth-order valence-electron chi connectivity index (χ4n) is 3.21. The molecule has 2 heterocycles. The summed E-state index contributed by atoms with van der Waals surface area (Å²) in [5.41, 5.74) is 7.65. The van der Waals surface area contributed by atoms with Gasteiger partial charge in [0.25, 0.3) is 0 Å². The lowest BCUT2D eigenvalue weighted by Crippen LogP contribution is -1.95. The van der Waals surface area contributed by atoms with Crippen molar-refractivity contribution < 1.29 is 0 Å². The van der Waals surface area contributed by atoms with E-state index in [1.54, 1.807) is 0 Å². The van der Waals surface area contributed by atoms with Crippen LogP contribution in [0.4, 0.5) is 0 Å². The second kappa shape index (κ2) is 5.35. The number of aromatic nitrogens is 3. The summed E-state index contributed by atoms with van der Waals surface area (Å²) < 4.78 is 0. The van der Waals surface area contributed by atoms with E-state index in [0.717, 1.165) is 44.2 Å². The van der Waals surface area contributed by atoms with Crippen LogP contribution in [0.3, 0.4) is 0 Å². The molecule has 0 atom stereocenters. The number of fused-ring (bicyclic) bond motifs is 4. The van der Waals surface area contributed by atoms with Gasteiger partial charge < -0.3 is 0 Å². The second-order valence-corrected chi connectivity index (χ2v) is 6.25. The van der Waals surface area contributed by atoms with Crippen LogP contribution >= 0.6 is 0 Å². The van der Waals surface area contributed by atoms with Crippen LogP contribution in [0.15, 0.2) is 72.8 Å². The van der Waals surface area contributed by atoms with E-state index in [0.29, 0.717) is 0 Å². The van der Waals surface area contributed by atoms with Crippen LogP contribution in [-0.2, 0) is 0 Å². The Hall–Kier alpha value is -3.33. The molecular formula is C22H15N3. The molecule has 0 aliphatic carbocycles. The summed E-state index contributed by atoms with van der Waals surface area (Å²) >= 11 is 0. The van der Waals surface area contributed by atoms with Gasteiger partial charge in [0.2, 0.25) is 0 Å². The Morgan fingerprint density at radius 1 is 0.560 bits per heavy atom. The molecule has 5 rings (SSSR count). The van der Waals surface area contributed by atoms with Crippen molar-refractivity contribution in [3.63, 3.8) is 0 Å². The van der Waals surface area contributed by atoms with Gasteiger partial charge in [-0.15, -0.1) is 0 Å². The molecule has 0 fully saturated rings. The SMILES string of the molecule is Cc1ccc(-c2nc3ccccc3c3nc4ccccc4nc23)cc1. The van der Waals surface area contributed by atoms with Crippen LogP contribution in [0.25, 0.3) is 44.2 Å². The Bertz CT molecular complexity index is 1240. The average molecular weight is 321 g/mol. The molecule has 3 aromatic carbocycles. The summed E-state index contributed by atoms with van der Waals surface area (Å²) in [7, 11) is 0. The van der Waals surface area contributed by atoms with Gasteiger partial charge in [-0.3, -0.25) is 0 Å². The zero-order valence-corrected chi connectivity index (χ0v) is 13.8. The summed E-state index contributed by atoms with van der Waals surface area (Å²) in [6.07, 6.45) is 0. The first-order valence-corrected chi connectivity index (χ1v) is 8.32. The number of pyridine rings is 1. The van der Waals surface area contributed by atoms with Crippen LogP contribution in [0.2, 0.25) is 0 Å². The zero-order chi connectivity index (χ0) is 16.8. The molecule has 5 aromatic rings. The predicted molar refractivity (Wildman–Crippen MR) is 103 cm³/mol. The van der Waals surface area contributed by atoms with Crippen molar-refractivity contribution in [1.29, 1.82) is 0 Å². The van der Waals surface area contributed by atoms with E-state index in [9.17, 15) is 0 Å². The molecule has 0 saturated heterocycles. The van der Waals surface area contributed by atoms with Crippen molar-refractivity contribution in [2.75, 3.05) is 0 Å². The molecule has 25 heavy (non-hydrogen) atoms. The van der Waals surface area contributed by atoms with Gasteiger partial charge >= 0.3 is 0 Å². The van der Waals surface area contributed by atoms with E-state index in [1.807, 2.05) is 42.5 Å². The van der Waals surface area contributed by atoms with Crippen molar-refractivity contribution in [3.05, 3.63) is 78.4 Å². The molecule has 118 valence electrons. The number of hydrogen-bond donors (Lipinski definition) is 0. The molecule has 0 radical (unpaired) electrons. The number of para-hydroxylation sites is 3. The Labute approximate surface area is 145 Å². The van der Waals surface area contributed by atoms with E-state index < -0.39 is 0 Å². The molecule has 2 aromatic heterocycles. The van der Waals surface area contributed by atoms with E-state index in [2.05, 4.69) is 37.3 Å². The minimum absolute atomic E-state index is 0.848. The van der Waals surface area contributed by atoms with Gasteiger partial charge in [-0.05, 0) is 25.1 Å². The predicted octanol–water partition coefficient (Wildman–Crippen LogP) is 5.31. The third kappa shape index (κ3) is 2.24. The summed E-state index contributed by atoms with van der Waals surface area (Å²) in [5.74, 6) is 0. The number of rotatable bonds is 1. The van der Waals surface area contributed by atoms with Gasteiger partial charge in [0.05, 0.1) is 22.2 Å². The monoisotopic (exact) mass is 321 g/mol. The highest BCUT2D eigenvalue weighted by atomic mass is 14.9. The van der Waals surface area contributed by atoms with Gasteiger partial charge in [-0.25, -0.2) is 15.0 Å². The molecule has 0 N–H and O–H groups in total. The fourth-order valence-corrected chi connectivity index (χ4v) is 3.21. The maximum absolute atomic E-state index is 4.91.